The molecule has 0 aliphatic carbocycles. The van der Waals surface area contributed by atoms with E-state index in [9.17, 15) is 9.59 Å². The lowest BCUT2D eigenvalue weighted by molar-refractivity contribution is 0.101. The molecular weight excluding hydrogens is 378 g/mol. The summed E-state index contributed by atoms with van der Waals surface area (Å²) in [4.78, 5) is 29.4. The molecule has 0 atom stereocenters. The minimum Gasteiger partial charge on any atom is -0.267 e. The Morgan fingerprint density at radius 2 is 1.82 bits per heavy atom. The standard InChI is InChI=1S/C20H16ClN5O2/c1-12-3-8-16(9-13(12)2)26-18-17(10-23-26)20(28)25(11-22-18)24-19(27)14-4-6-15(21)7-5-14/h3-11H,1-2H3,(H,24,27). The number of nitrogens with zero attached hydrogens (tertiary/aromatic N) is 4. The van der Waals surface area contributed by atoms with Crippen molar-refractivity contribution < 1.29 is 4.79 Å². The Labute approximate surface area is 165 Å². The highest BCUT2D eigenvalue weighted by molar-refractivity contribution is 6.30. The van der Waals surface area contributed by atoms with Crippen molar-refractivity contribution in [3.05, 3.63) is 87.1 Å². The summed E-state index contributed by atoms with van der Waals surface area (Å²) in [6.45, 7) is 4.04. The van der Waals surface area contributed by atoms with Crippen LogP contribution in [0.5, 0.6) is 0 Å². The number of carbonyl (C=O) groups is 1. The van der Waals surface area contributed by atoms with Gasteiger partial charge >= 0.3 is 0 Å². The molecular formula is C20H16ClN5O2. The van der Waals surface area contributed by atoms with Crippen molar-refractivity contribution in [2.75, 3.05) is 5.43 Å². The summed E-state index contributed by atoms with van der Waals surface area (Å²) >= 11 is 5.83. The van der Waals surface area contributed by atoms with Gasteiger partial charge in [-0.2, -0.15) is 5.10 Å². The van der Waals surface area contributed by atoms with Gasteiger partial charge in [0.2, 0.25) is 0 Å². The van der Waals surface area contributed by atoms with Crippen molar-refractivity contribution in [2.24, 2.45) is 0 Å². The number of benzene rings is 2. The van der Waals surface area contributed by atoms with E-state index in [0.717, 1.165) is 15.9 Å². The van der Waals surface area contributed by atoms with Gasteiger partial charge in [-0.15, -0.1) is 0 Å². The zero-order valence-corrected chi connectivity index (χ0v) is 15.9. The van der Waals surface area contributed by atoms with E-state index in [1.165, 1.54) is 18.1 Å². The third-order valence-corrected chi connectivity index (χ3v) is 4.80. The molecule has 1 amide bonds. The molecule has 0 saturated carbocycles. The number of rotatable bonds is 3. The first-order chi connectivity index (χ1) is 13.4. The van der Waals surface area contributed by atoms with E-state index in [0.29, 0.717) is 21.6 Å². The smallest absolute Gasteiger partial charge is 0.267 e. The minimum atomic E-state index is -0.443. The van der Waals surface area contributed by atoms with Crippen LogP contribution in [0.25, 0.3) is 16.7 Å². The quantitative estimate of drug-likeness (QED) is 0.579. The molecule has 0 saturated heterocycles. The molecule has 0 unspecified atom stereocenters. The molecule has 0 radical (unpaired) electrons. The molecule has 7 nitrogen and oxygen atoms in total. The maximum atomic E-state index is 12.7. The third kappa shape index (κ3) is 3.16. The molecule has 2 heterocycles. The number of amides is 1. The topological polar surface area (TPSA) is 81.8 Å². The van der Waals surface area contributed by atoms with Crippen LogP contribution >= 0.6 is 11.6 Å². The molecule has 0 aliphatic heterocycles. The Morgan fingerprint density at radius 3 is 2.54 bits per heavy atom. The van der Waals surface area contributed by atoms with E-state index in [1.807, 2.05) is 32.0 Å². The predicted molar refractivity (Wildman–Crippen MR) is 108 cm³/mol. The van der Waals surface area contributed by atoms with Gasteiger partial charge in [0, 0.05) is 10.6 Å². The van der Waals surface area contributed by atoms with Crippen LogP contribution in [-0.4, -0.2) is 25.3 Å². The average molecular weight is 394 g/mol. The minimum absolute atomic E-state index is 0.303. The summed E-state index contributed by atoms with van der Waals surface area (Å²) in [5.74, 6) is -0.443. The number of hydrogen-bond donors (Lipinski definition) is 1. The fourth-order valence-corrected chi connectivity index (χ4v) is 2.94. The zero-order valence-electron chi connectivity index (χ0n) is 15.2. The summed E-state index contributed by atoms with van der Waals surface area (Å²) in [5, 5.41) is 5.13. The monoisotopic (exact) mass is 393 g/mol. The lowest BCUT2D eigenvalue weighted by atomic mass is 10.1. The van der Waals surface area contributed by atoms with Crippen LogP contribution in [0, 0.1) is 13.8 Å². The molecule has 0 aliphatic rings. The average Bonchev–Trinajstić information content (AvgIpc) is 3.11. The first-order valence-corrected chi connectivity index (χ1v) is 8.92. The maximum Gasteiger partial charge on any atom is 0.283 e. The van der Waals surface area contributed by atoms with Gasteiger partial charge in [0.05, 0.1) is 11.9 Å². The number of aryl methyl sites for hydroxylation is 2. The van der Waals surface area contributed by atoms with E-state index in [1.54, 1.807) is 28.9 Å². The van der Waals surface area contributed by atoms with E-state index in [4.69, 9.17) is 11.6 Å². The number of hydrogen-bond acceptors (Lipinski definition) is 4. The Morgan fingerprint density at radius 1 is 1.07 bits per heavy atom. The number of aromatic nitrogens is 4. The highest BCUT2D eigenvalue weighted by atomic mass is 35.5. The summed E-state index contributed by atoms with van der Waals surface area (Å²) in [7, 11) is 0. The van der Waals surface area contributed by atoms with Gasteiger partial charge < -0.3 is 0 Å². The van der Waals surface area contributed by atoms with Crippen molar-refractivity contribution in [1.82, 2.24) is 19.4 Å². The molecule has 8 heteroatoms. The number of carbonyl (C=O) groups excluding carboxylic acids is 1. The second kappa shape index (κ2) is 6.94. The van der Waals surface area contributed by atoms with Crippen LogP contribution in [0.2, 0.25) is 5.02 Å². The maximum absolute atomic E-state index is 12.7. The molecule has 140 valence electrons. The molecule has 1 N–H and O–H groups in total. The summed E-state index contributed by atoms with van der Waals surface area (Å²) in [6, 6.07) is 12.3. The molecule has 0 spiro atoms. The number of halogens is 1. The highest BCUT2D eigenvalue weighted by Crippen LogP contribution is 2.17. The molecule has 0 bridgehead atoms. The zero-order chi connectivity index (χ0) is 19.8. The SMILES string of the molecule is Cc1ccc(-n2ncc3c(=O)n(NC(=O)c4ccc(Cl)cc4)cnc32)cc1C. The summed E-state index contributed by atoms with van der Waals surface area (Å²) in [6.07, 6.45) is 2.72. The van der Waals surface area contributed by atoms with Crippen LogP contribution in [0.1, 0.15) is 21.5 Å². The Balaban J connectivity index is 1.70. The van der Waals surface area contributed by atoms with Gasteiger partial charge in [0.15, 0.2) is 5.65 Å². The predicted octanol–water partition coefficient (Wildman–Crippen LogP) is 3.24. The van der Waals surface area contributed by atoms with Gasteiger partial charge in [-0.1, -0.05) is 17.7 Å². The molecule has 4 rings (SSSR count). The Kier molecular flexibility index (Phi) is 4.44. The first-order valence-electron chi connectivity index (χ1n) is 8.54. The van der Waals surface area contributed by atoms with Crippen molar-refractivity contribution in [3.8, 4) is 5.69 Å². The van der Waals surface area contributed by atoms with Crippen LogP contribution in [0.15, 0.2) is 59.8 Å². The second-order valence-corrected chi connectivity index (χ2v) is 6.87. The van der Waals surface area contributed by atoms with Gasteiger partial charge in [-0.3, -0.25) is 15.0 Å². The van der Waals surface area contributed by atoms with E-state index < -0.39 is 11.5 Å². The second-order valence-electron chi connectivity index (χ2n) is 6.43. The molecule has 2 aromatic carbocycles. The Bertz CT molecular complexity index is 1260. The van der Waals surface area contributed by atoms with E-state index >= 15 is 0 Å². The van der Waals surface area contributed by atoms with E-state index in [2.05, 4.69) is 15.5 Å². The fraction of sp³-hybridized carbons (Fsp3) is 0.100. The lowest BCUT2D eigenvalue weighted by Crippen LogP contribution is -2.33. The molecule has 28 heavy (non-hydrogen) atoms. The van der Waals surface area contributed by atoms with Gasteiger partial charge in [0.1, 0.15) is 11.7 Å². The Hall–Kier alpha value is -3.45. The van der Waals surface area contributed by atoms with Gasteiger partial charge in [-0.05, 0) is 61.4 Å². The molecule has 2 aromatic heterocycles. The van der Waals surface area contributed by atoms with Gasteiger partial charge in [-0.25, -0.2) is 14.3 Å². The van der Waals surface area contributed by atoms with E-state index in [-0.39, 0.29) is 0 Å². The highest BCUT2D eigenvalue weighted by Gasteiger charge is 2.14. The van der Waals surface area contributed by atoms with Gasteiger partial charge in [0.25, 0.3) is 11.5 Å². The van der Waals surface area contributed by atoms with Crippen molar-refractivity contribution >= 4 is 28.5 Å². The lowest BCUT2D eigenvalue weighted by Gasteiger charge is -2.09. The van der Waals surface area contributed by atoms with Crippen LogP contribution in [0.4, 0.5) is 0 Å². The van der Waals surface area contributed by atoms with Crippen LogP contribution in [-0.2, 0) is 0 Å². The van der Waals surface area contributed by atoms with Crippen molar-refractivity contribution in [2.45, 2.75) is 13.8 Å². The largest absolute Gasteiger partial charge is 0.283 e. The first kappa shape index (κ1) is 17.9. The van der Waals surface area contributed by atoms with Crippen LogP contribution in [0.3, 0.4) is 0 Å². The third-order valence-electron chi connectivity index (χ3n) is 4.55. The summed E-state index contributed by atoms with van der Waals surface area (Å²) in [5.41, 5.74) is 6.01. The van der Waals surface area contributed by atoms with Crippen molar-refractivity contribution in [3.63, 3.8) is 0 Å². The molecule has 4 aromatic rings. The fourth-order valence-electron chi connectivity index (χ4n) is 2.81. The van der Waals surface area contributed by atoms with Crippen LogP contribution < -0.4 is 11.0 Å². The molecule has 0 fully saturated rings. The number of nitrogens with one attached hydrogen (secondary N) is 1. The normalized spacial score (nSPS) is 11.0. The van der Waals surface area contributed by atoms with Crippen molar-refractivity contribution in [1.29, 1.82) is 0 Å². The number of fused-ring (bicyclic) bond motifs is 1. The summed E-state index contributed by atoms with van der Waals surface area (Å²) < 4.78 is 2.65.